The van der Waals surface area contributed by atoms with E-state index in [-0.39, 0.29) is 12.1 Å². The molecule has 0 amide bonds. The van der Waals surface area contributed by atoms with Crippen LogP contribution in [-0.4, -0.2) is 24.9 Å². The van der Waals surface area contributed by atoms with Gasteiger partial charge in [-0.1, -0.05) is 19.1 Å². The van der Waals surface area contributed by atoms with Crippen molar-refractivity contribution in [1.29, 1.82) is 5.26 Å². The second kappa shape index (κ2) is 8.86. The first-order valence-corrected chi connectivity index (χ1v) is 11.1. The average Bonchev–Trinajstić information content (AvgIpc) is 3.44. The molecule has 0 aliphatic heterocycles. The SMILES string of the molecule is C[C@@H](c1nc(-c2ccc(C#N)cc2)c(Br)s1)[C@](O)(Cn1cncn1)c1cc(F)ccc1F. The number of nitrogens with zero attached hydrogens (tertiary/aromatic N) is 5. The summed E-state index contributed by atoms with van der Waals surface area (Å²) >= 11 is 4.81. The Morgan fingerprint density at radius 1 is 1.25 bits per heavy atom. The maximum absolute atomic E-state index is 14.8. The van der Waals surface area contributed by atoms with E-state index in [4.69, 9.17) is 5.26 Å². The van der Waals surface area contributed by atoms with E-state index in [0.717, 1.165) is 23.8 Å². The lowest BCUT2D eigenvalue weighted by atomic mass is 9.82. The highest BCUT2D eigenvalue weighted by Gasteiger charge is 2.42. The molecule has 2 atom stereocenters. The van der Waals surface area contributed by atoms with E-state index in [2.05, 4.69) is 37.1 Å². The highest BCUT2D eigenvalue weighted by Crippen LogP contribution is 2.44. The lowest BCUT2D eigenvalue weighted by Gasteiger charge is -2.33. The summed E-state index contributed by atoms with van der Waals surface area (Å²) in [5.41, 5.74) is -0.116. The lowest BCUT2D eigenvalue weighted by Crippen LogP contribution is -2.38. The van der Waals surface area contributed by atoms with Crippen LogP contribution in [0.25, 0.3) is 11.3 Å². The van der Waals surface area contributed by atoms with Gasteiger partial charge in [0.25, 0.3) is 0 Å². The molecule has 0 aliphatic carbocycles. The van der Waals surface area contributed by atoms with E-state index in [1.165, 1.54) is 28.7 Å². The first-order valence-electron chi connectivity index (χ1n) is 9.49. The summed E-state index contributed by atoms with van der Waals surface area (Å²) in [6.45, 7) is 1.55. The van der Waals surface area contributed by atoms with Gasteiger partial charge in [0.2, 0.25) is 0 Å². The van der Waals surface area contributed by atoms with Crippen molar-refractivity contribution in [2.45, 2.75) is 25.0 Å². The topological polar surface area (TPSA) is 87.6 Å². The Balaban J connectivity index is 1.78. The standard InChI is InChI=1S/C22H16BrF2N5OS/c1-13(21-29-19(20(23)32-21)15-4-2-14(9-26)3-5-15)22(31,10-30-12-27-11-28-30)17-8-16(24)6-7-18(17)25/h2-8,11-13,31H,10H2,1H3/t13-,22+/m0/s1. The Hall–Kier alpha value is -3.00. The van der Waals surface area contributed by atoms with E-state index < -0.39 is 23.2 Å². The minimum absolute atomic E-state index is 0.155. The van der Waals surface area contributed by atoms with Crippen molar-refractivity contribution in [3.63, 3.8) is 0 Å². The van der Waals surface area contributed by atoms with Gasteiger partial charge < -0.3 is 5.11 Å². The molecule has 4 rings (SSSR count). The van der Waals surface area contributed by atoms with Crippen LogP contribution in [0.1, 0.15) is 29.0 Å². The van der Waals surface area contributed by atoms with Gasteiger partial charge in [-0.15, -0.1) is 11.3 Å². The van der Waals surface area contributed by atoms with Crippen LogP contribution in [0.4, 0.5) is 8.78 Å². The minimum Gasteiger partial charge on any atom is -0.382 e. The van der Waals surface area contributed by atoms with Gasteiger partial charge in [0.1, 0.15) is 34.9 Å². The van der Waals surface area contributed by atoms with Crippen LogP contribution in [0, 0.1) is 23.0 Å². The van der Waals surface area contributed by atoms with E-state index in [9.17, 15) is 13.9 Å². The van der Waals surface area contributed by atoms with Crippen LogP contribution < -0.4 is 0 Å². The van der Waals surface area contributed by atoms with Gasteiger partial charge in [0.05, 0.1) is 27.7 Å². The molecule has 0 fully saturated rings. The normalized spacial score (nSPS) is 14.0. The molecule has 10 heteroatoms. The second-order valence-corrected chi connectivity index (χ2v) is 9.58. The Kier molecular flexibility index (Phi) is 6.15. The van der Waals surface area contributed by atoms with E-state index in [1.807, 2.05) is 0 Å². The van der Waals surface area contributed by atoms with Gasteiger partial charge in [-0.05, 0) is 46.3 Å². The highest BCUT2D eigenvalue weighted by atomic mass is 79.9. The molecule has 0 saturated heterocycles. The molecular formula is C22H16BrF2N5OS. The number of thiazole rings is 1. The summed E-state index contributed by atoms with van der Waals surface area (Å²) in [7, 11) is 0. The molecule has 2 aromatic carbocycles. The fourth-order valence-corrected chi connectivity index (χ4v) is 5.20. The van der Waals surface area contributed by atoms with Crippen molar-refractivity contribution in [3.8, 4) is 17.3 Å². The molecule has 1 N–H and O–H groups in total. The number of halogens is 3. The number of nitriles is 1. The maximum atomic E-state index is 14.8. The molecule has 0 unspecified atom stereocenters. The Labute approximate surface area is 194 Å². The van der Waals surface area contributed by atoms with Crippen LogP contribution in [0.3, 0.4) is 0 Å². The van der Waals surface area contributed by atoms with Gasteiger partial charge in [0.15, 0.2) is 0 Å². The molecular weight excluding hydrogens is 500 g/mol. The lowest BCUT2D eigenvalue weighted by molar-refractivity contribution is -0.0114. The molecule has 0 saturated carbocycles. The molecule has 6 nitrogen and oxygen atoms in total. The van der Waals surface area contributed by atoms with Crippen LogP contribution in [0.2, 0.25) is 0 Å². The average molecular weight is 516 g/mol. The third kappa shape index (κ3) is 4.19. The van der Waals surface area contributed by atoms with Crippen molar-refractivity contribution in [1.82, 2.24) is 19.7 Å². The summed E-state index contributed by atoms with van der Waals surface area (Å²) in [6, 6.07) is 12.0. The first-order chi connectivity index (χ1) is 15.3. The Bertz CT molecular complexity index is 1290. The molecule has 0 aliphatic rings. The van der Waals surface area contributed by atoms with Gasteiger partial charge in [-0.25, -0.2) is 23.4 Å². The van der Waals surface area contributed by atoms with Gasteiger partial charge in [-0.3, -0.25) is 0 Å². The highest BCUT2D eigenvalue weighted by molar-refractivity contribution is 9.11. The van der Waals surface area contributed by atoms with Crippen molar-refractivity contribution in [2.75, 3.05) is 0 Å². The molecule has 2 heterocycles. The van der Waals surface area contributed by atoms with Gasteiger partial charge in [-0.2, -0.15) is 10.4 Å². The Morgan fingerprint density at radius 3 is 2.66 bits per heavy atom. The summed E-state index contributed by atoms with van der Waals surface area (Å²) < 4.78 is 30.9. The largest absolute Gasteiger partial charge is 0.382 e. The quantitative estimate of drug-likeness (QED) is 0.390. The summed E-state index contributed by atoms with van der Waals surface area (Å²) in [5, 5.41) is 25.3. The fraction of sp³-hybridized carbons (Fsp3) is 0.182. The number of aliphatic hydroxyl groups is 1. The zero-order chi connectivity index (χ0) is 22.9. The van der Waals surface area contributed by atoms with Crippen LogP contribution in [-0.2, 0) is 12.1 Å². The third-order valence-corrected chi connectivity index (χ3v) is 7.13. The van der Waals surface area contributed by atoms with Crippen molar-refractivity contribution >= 4 is 27.3 Å². The molecule has 0 bridgehead atoms. The summed E-state index contributed by atoms with van der Waals surface area (Å²) in [6.07, 6.45) is 2.70. The molecule has 162 valence electrons. The van der Waals surface area contributed by atoms with Crippen molar-refractivity contribution < 1.29 is 13.9 Å². The molecule has 4 aromatic rings. The molecule has 0 spiro atoms. The van der Waals surface area contributed by atoms with Crippen LogP contribution in [0.5, 0.6) is 0 Å². The van der Waals surface area contributed by atoms with E-state index in [1.54, 1.807) is 31.2 Å². The monoisotopic (exact) mass is 515 g/mol. The van der Waals surface area contributed by atoms with Crippen LogP contribution in [0.15, 0.2) is 58.9 Å². The zero-order valence-corrected chi connectivity index (χ0v) is 19.1. The van der Waals surface area contributed by atoms with Gasteiger partial charge in [0, 0.05) is 17.0 Å². The fourth-order valence-electron chi connectivity index (χ4n) is 3.43. The number of rotatable bonds is 6. The predicted octanol–water partition coefficient (Wildman–Crippen LogP) is 5.01. The number of hydrogen-bond donors (Lipinski definition) is 1. The van der Waals surface area contributed by atoms with E-state index in [0.29, 0.717) is 20.1 Å². The Morgan fingerprint density at radius 2 is 2.00 bits per heavy atom. The number of benzene rings is 2. The summed E-state index contributed by atoms with van der Waals surface area (Å²) in [4.78, 5) is 8.55. The van der Waals surface area contributed by atoms with Crippen molar-refractivity contribution in [2.24, 2.45) is 0 Å². The number of aromatic nitrogens is 4. The number of hydrogen-bond acceptors (Lipinski definition) is 6. The first kappa shape index (κ1) is 22.2. The van der Waals surface area contributed by atoms with Gasteiger partial charge >= 0.3 is 0 Å². The molecule has 0 radical (unpaired) electrons. The third-order valence-electron chi connectivity index (χ3n) is 5.24. The second-order valence-electron chi connectivity index (χ2n) is 7.23. The minimum atomic E-state index is -1.86. The molecule has 32 heavy (non-hydrogen) atoms. The smallest absolute Gasteiger partial charge is 0.137 e. The van der Waals surface area contributed by atoms with Crippen molar-refractivity contribution in [3.05, 3.63) is 86.7 Å². The van der Waals surface area contributed by atoms with Crippen LogP contribution >= 0.6 is 27.3 Å². The molecule has 2 aromatic heterocycles. The zero-order valence-electron chi connectivity index (χ0n) is 16.7. The predicted molar refractivity (Wildman–Crippen MR) is 119 cm³/mol. The summed E-state index contributed by atoms with van der Waals surface area (Å²) in [5.74, 6) is -2.12. The van der Waals surface area contributed by atoms with E-state index >= 15 is 0 Å². The maximum Gasteiger partial charge on any atom is 0.137 e.